The van der Waals surface area contributed by atoms with E-state index in [-0.39, 0.29) is 5.75 Å². The monoisotopic (exact) mass is 333 g/mol. The standard InChI is InChI=1S/C18H23NO5/c1-4-5-6-7-10-23-16-14-9-8-13(22-3)11-15(14)19-18(21)17(16)24-12(2)20/h8-9,11H,4-7,10H2,1-3H3,(H,19,21). The topological polar surface area (TPSA) is 77.6 Å². The fourth-order valence-corrected chi connectivity index (χ4v) is 2.44. The highest BCUT2D eigenvalue weighted by atomic mass is 16.6. The van der Waals surface area contributed by atoms with Crippen molar-refractivity contribution in [3.8, 4) is 17.2 Å². The van der Waals surface area contributed by atoms with Crippen molar-refractivity contribution in [2.75, 3.05) is 13.7 Å². The Morgan fingerprint density at radius 2 is 1.96 bits per heavy atom. The molecule has 0 amide bonds. The van der Waals surface area contributed by atoms with Crippen LogP contribution in [0.25, 0.3) is 10.9 Å². The molecule has 0 saturated heterocycles. The molecule has 1 N–H and O–H groups in total. The predicted molar refractivity (Wildman–Crippen MR) is 92.1 cm³/mol. The minimum Gasteiger partial charge on any atom is -0.497 e. The van der Waals surface area contributed by atoms with Crippen molar-refractivity contribution in [1.82, 2.24) is 4.98 Å². The van der Waals surface area contributed by atoms with E-state index in [4.69, 9.17) is 14.2 Å². The normalized spacial score (nSPS) is 10.6. The number of benzene rings is 1. The molecule has 1 aromatic heterocycles. The second kappa shape index (κ2) is 8.38. The molecule has 2 aromatic rings. The molecule has 0 saturated carbocycles. The number of carbonyl (C=O) groups is 1. The Hall–Kier alpha value is -2.50. The summed E-state index contributed by atoms with van der Waals surface area (Å²) in [5, 5.41) is 0.669. The highest BCUT2D eigenvalue weighted by molar-refractivity contribution is 5.89. The molecule has 0 radical (unpaired) electrons. The van der Waals surface area contributed by atoms with Gasteiger partial charge in [-0.05, 0) is 18.6 Å². The van der Waals surface area contributed by atoms with Gasteiger partial charge in [0.1, 0.15) is 5.75 Å². The number of hydrogen-bond acceptors (Lipinski definition) is 5. The first-order chi connectivity index (χ1) is 11.6. The van der Waals surface area contributed by atoms with Gasteiger partial charge in [-0.25, -0.2) is 0 Å². The zero-order valence-electron chi connectivity index (χ0n) is 14.3. The summed E-state index contributed by atoms with van der Waals surface area (Å²) in [5.41, 5.74) is 0.0633. The van der Waals surface area contributed by atoms with Gasteiger partial charge in [0, 0.05) is 18.4 Å². The molecule has 0 fully saturated rings. The van der Waals surface area contributed by atoms with E-state index in [1.165, 1.54) is 6.92 Å². The Kier molecular flexibility index (Phi) is 6.23. The van der Waals surface area contributed by atoms with Crippen molar-refractivity contribution in [3.63, 3.8) is 0 Å². The van der Waals surface area contributed by atoms with Crippen molar-refractivity contribution in [1.29, 1.82) is 0 Å². The Morgan fingerprint density at radius 3 is 2.62 bits per heavy atom. The molecular formula is C18H23NO5. The number of ether oxygens (including phenoxy) is 3. The van der Waals surface area contributed by atoms with Crippen molar-refractivity contribution < 1.29 is 19.0 Å². The molecule has 1 heterocycles. The van der Waals surface area contributed by atoms with E-state index < -0.39 is 11.5 Å². The Bertz CT molecular complexity index is 766. The molecule has 1 aromatic carbocycles. The highest BCUT2D eigenvalue weighted by Gasteiger charge is 2.18. The van der Waals surface area contributed by atoms with Crippen LogP contribution >= 0.6 is 0 Å². The van der Waals surface area contributed by atoms with Gasteiger partial charge in [-0.1, -0.05) is 26.2 Å². The van der Waals surface area contributed by atoms with E-state index in [2.05, 4.69) is 11.9 Å². The SMILES string of the molecule is CCCCCCOc1c(OC(C)=O)c(=O)[nH]c2cc(OC)ccc12. The average molecular weight is 333 g/mol. The van der Waals surface area contributed by atoms with Crippen molar-refractivity contribution in [2.45, 2.75) is 39.5 Å². The largest absolute Gasteiger partial charge is 0.497 e. The lowest BCUT2D eigenvalue weighted by atomic mass is 10.2. The van der Waals surface area contributed by atoms with E-state index in [1.54, 1.807) is 25.3 Å². The second-order valence-corrected chi connectivity index (χ2v) is 5.53. The maximum atomic E-state index is 12.3. The summed E-state index contributed by atoms with van der Waals surface area (Å²) in [4.78, 5) is 26.3. The number of aromatic amines is 1. The zero-order valence-corrected chi connectivity index (χ0v) is 14.3. The van der Waals surface area contributed by atoms with Crippen LogP contribution in [0, 0.1) is 0 Å². The fraction of sp³-hybridized carbons (Fsp3) is 0.444. The summed E-state index contributed by atoms with van der Waals surface area (Å²) in [6.45, 7) is 3.85. The van der Waals surface area contributed by atoms with Crippen LogP contribution < -0.4 is 19.8 Å². The predicted octanol–water partition coefficient (Wildman–Crippen LogP) is 3.42. The third-order valence-corrected chi connectivity index (χ3v) is 3.62. The molecule has 0 spiro atoms. The lowest BCUT2D eigenvalue weighted by molar-refractivity contribution is -0.132. The number of aromatic nitrogens is 1. The summed E-state index contributed by atoms with van der Waals surface area (Å²) in [5.74, 6) is 0.246. The van der Waals surface area contributed by atoms with Crippen LogP contribution in [0.2, 0.25) is 0 Å². The third-order valence-electron chi connectivity index (χ3n) is 3.62. The first-order valence-electron chi connectivity index (χ1n) is 8.12. The number of nitrogens with one attached hydrogen (secondary N) is 1. The van der Waals surface area contributed by atoms with E-state index in [0.29, 0.717) is 29.0 Å². The van der Waals surface area contributed by atoms with Gasteiger partial charge in [-0.15, -0.1) is 0 Å². The van der Waals surface area contributed by atoms with Crippen LogP contribution in [0.1, 0.15) is 39.5 Å². The number of fused-ring (bicyclic) bond motifs is 1. The Labute approximate surface area is 140 Å². The van der Waals surface area contributed by atoms with Crippen LogP contribution in [-0.2, 0) is 4.79 Å². The molecule has 130 valence electrons. The molecule has 0 aliphatic rings. The molecule has 24 heavy (non-hydrogen) atoms. The highest BCUT2D eigenvalue weighted by Crippen LogP contribution is 2.33. The number of H-pyrrole nitrogens is 1. The molecule has 6 nitrogen and oxygen atoms in total. The van der Waals surface area contributed by atoms with Gasteiger partial charge >= 0.3 is 5.97 Å². The van der Waals surface area contributed by atoms with Crippen LogP contribution in [0.5, 0.6) is 17.2 Å². The van der Waals surface area contributed by atoms with Gasteiger partial charge in [0.25, 0.3) is 5.56 Å². The third kappa shape index (κ3) is 4.28. The van der Waals surface area contributed by atoms with Gasteiger partial charge in [-0.3, -0.25) is 9.59 Å². The number of carbonyl (C=O) groups excluding carboxylic acids is 1. The second-order valence-electron chi connectivity index (χ2n) is 5.53. The molecule has 0 unspecified atom stereocenters. The summed E-state index contributed by atoms with van der Waals surface area (Å²) < 4.78 is 16.1. The number of unbranched alkanes of at least 4 members (excludes halogenated alkanes) is 3. The number of methoxy groups -OCH3 is 1. The van der Waals surface area contributed by atoms with Gasteiger partial charge in [0.15, 0.2) is 5.75 Å². The summed E-state index contributed by atoms with van der Waals surface area (Å²) >= 11 is 0. The van der Waals surface area contributed by atoms with E-state index in [1.807, 2.05) is 0 Å². The van der Waals surface area contributed by atoms with Crippen molar-refractivity contribution >= 4 is 16.9 Å². The van der Waals surface area contributed by atoms with Gasteiger partial charge in [0.2, 0.25) is 5.75 Å². The number of rotatable bonds is 8. The lowest BCUT2D eigenvalue weighted by Gasteiger charge is -2.13. The molecule has 0 atom stereocenters. The van der Waals surface area contributed by atoms with Crippen LogP contribution in [0.4, 0.5) is 0 Å². The van der Waals surface area contributed by atoms with Crippen molar-refractivity contribution in [3.05, 3.63) is 28.6 Å². The lowest BCUT2D eigenvalue weighted by Crippen LogP contribution is -2.16. The van der Waals surface area contributed by atoms with E-state index in [0.717, 1.165) is 25.7 Å². The van der Waals surface area contributed by atoms with Crippen LogP contribution in [-0.4, -0.2) is 24.7 Å². The van der Waals surface area contributed by atoms with Gasteiger partial charge < -0.3 is 19.2 Å². The quantitative estimate of drug-likeness (QED) is 0.591. The molecular weight excluding hydrogens is 310 g/mol. The number of pyridine rings is 1. The molecule has 6 heteroatoms. The van der Waals surface area contributed by atoms with Crippen molar-refractivity contribution in [2.24, 2.45) is 0 Å². The van der Waals surface area contributed by atoms with Crippen LogP contribution in [0.15, 0.2) is 23.0 Å². The summed E-state index contributed by atoms with van der Waals surface area (Å²) in [7, 11) is 1.55. The maximum absolute atomic E-state index is 12.3. The zero-order chi connectivity index (χ0) is 17.5. The van der Waals surface area contributed by atoms with E-state index >= 15 is 0 Å². The smallest absolute Gasteiger partial charge is 0.308 e. The number of hydrogen-bond donors (Lipinski definition) is 1. The minimum atomic E-state index is -0.566. The average Bonchev–Trinajstić information content (AvgIpc) is 2.56. The van der Waals surface area contributed by atoms with Gasteiger partial charge in [0.05, 0.1) is 19.2 Å². The van der Waals surface area contributed by atoms with E-state index in [9.17, 15) is 9.59 Å². The van der Waals surface area contributed by atoms with Crippen LogP contribution in [0.3, 0.4) is 0 Å². The Balaban J connectivity index is 2.41. The fourth-order valence-electron chi connectivity index (χ4n) is 2.44. The molecule has 0 aliphatic heterocycles. The summed E-state index contributed by atoms with van der Waals surface area (Å²) in [6, 6.07) is 5.25. The first-order valence-corrected chi connectivity index (χ1v) is 8.12. The summed E-state index contributed by atoms with van der Waals surface area (Å²) in [6.07, 6.45) is 4.19. The Morgan fingerprint density at radius 1 is 1.17 bits per heavy atom. The maximum Gasteiger partial charge on any atom is 0.308 e. The van der Waals surface area contributed by atoms with Gasteiger partial charge in [-0.2, -0.15) is 0 Å². The minimum absolute atomic E-state index is 0.101. The molecule has 0 bridgehead atoms. The first kappa shape index (κ1) is 17.8. The molecule has 0 aliphatic carbocycles. The molecule has 2 rings (SSSR count). The number of esters is 1.